The van der Waals surface area contributed by atoms with E-state index in [1.807, 2.05) is 0 Å². The number of anilines is 2. The number of carbonyl (C=O) groups is 1. The number of amides is 1. The number of rotatable bonds is 5. The Bertz CT molecular complexity index is 1010. The third kappa shape index (κ3) is 5.11. The fraction of sp³-hybridized carbons (Fsp3) is 0.278. The number of hydrogen-bond donors (Lipinski definition) is 1. The molecule has 1 N–H and O–H groups in total. The zero-order valence-electron chi connectivity index (χ0n) is 15.2. The van der Waals surface area contributed by atoms with E-state index >= 15 is 0 Å². The van der Waals surface area contributed by atoms with Gasteiger partial charge in [0.2, 0.25) is 15.9 Å². The minimum absolute atomic E-state index is 0.110. The molecule has 0 radical (unpaired) electrons. The fourth-order valence-electron chi connectivity index (χ4n) is 2.66. The molecule has 0 saturated heterocycles. The molecule has 7 nitrogen and oxygen atoms in total. The standard InChI is InChI=1S/C18H17F3N2O5S/c1-29(25,26)23(14-6-7-15-16(10-14)28-9-8-27-15)11-17(24)22-13-4-2-12(3-5-13)18(19,20)21/h2-7,10H,8-9,11H2,1H3,(H,22,24). The van der Waals surface area contributed by atoms with Crippen molar-refractivity contribution in [3.8, 4) is 11.5 Å². The van der Waals surface area contributed by atoms with E-state index in [-0.39, 0.29) is 11.4 Å². The number of nitrogens with zero attached hydrogens (tertiary/aromatic N) is 1. The highest BCUT2D eigenvalue weighted by Crippen LogP contribution is 2.34. The van der Waals surface area contributed by atoms with E-state index in [1.54, 1.807) is 0 Å². The van der Waals surface area contributed by atoms with Crippen molar-refractivity contribution in [2.45, 2.75) is 6.18 Å². The first-order valence-electron chi connectivity index (χ1n) is 8.38. The van der Waals surface area contributed by atoms with Gasteiger partial charge in [0.05, 0.1) is 17.5 Å². The summed E-state index contributed by atoms with van der Waals surface area (Å²) in [7, 11) is -3.83. The Kier molecular flexibility index (Phi) is 5.60. The molecule has 0 atom stereocenters. The highest BCUT2D eigenvalue weighted by molar-refractivity contribution is 7.92. The summed E-state index contributed by atoms with van der Waals surface area (Å²) in [6.07, 6.45) is -3.55. The van der Waals surface area contributed by atoms with Gasteiger partial charge in [0, 0.05) is 11.8 Å². The maximum absolute atomic E-state index is 12.6. The van der Waals surface area contributed by atoms with Crippen LogP contribution in [0, 0.1) is 0 Å². The van der Waals surface area contributed by atoms with Crippen LogP contribution in [0.1, 0.15) is 5.56 Å². The lowest BCUT2D eigenvalue weighted by atomic mass is 10.2. The first kappa shape index (κ1) is 20.8. The van der Waals surface area contributed by atoms with Gasteiger partial charge in [-0.05, 0) is 36.4 Å². The summed E-state index contributed by atoms with van der Waals surface area (Å²) in [5.74, 6) is 0.0956. The number of sulfonamides is 1. The largest absolute Gasteiger partial charge is 0.486 e. The molecule has 1 aliphatic rings. The quantitative estimate of drug-likeness (QED) is 0.789. The van der Waals surface area contributed by atoms with Crippen LogP contribution in [0.3, 0.4) is 0 Å². The van der Waals surface area contributed by atoms with Crippen molar-refractivity contribution in [2.24, 2.45) is 0 Å². The van der Waals surface area contributed by atoms with Gasteiger partial charge >= 0.3 is 6.18 Å². The molecule has 0 spiro atoms. The van der Waals surface area contributed by atoms with Crippen molar-refractivity contribution in [2.75, 3.05) is 35.6 Å². The van der Waals surface area contributed by atoms with E-state index in [0.29, 0.717) is 24.7 Å². The number of benzene rings is 2. The average molecular weight is 430 g/mol. The lowest BCUT2D eigenvalue weighted by molar-refractivity contribution is -0.137. The fourth-order valence-corrected chi connectivity index (χ4v) is 3.51. The van der Waals surface area contributed by atoms with Crippen LogP contribution < -0.4 is 19.1 Å². The Morgan fingerprint density at radius 3 is 2.28 bits per heavy atom. The van der Waals surface area contributed by atoms with Crippen molar-refractivity contribution in [3.63, 3.8) is 0 Å². The zero-order valence-corrected chi connectivity index (χ0v) is 16.0. The van der Waals surface area contributed by atoms with Crippen LogP contribution in [-0.4, -0.2) is 40.3 Å². The number of carbonyl (C=O) groups excluding carboxylic acids is 1. The number of fused-ring (bicyclic) bond motifs is 1. The third-order valence-corrected chi connectivity index (χ3v) is 5.14. The lowest BCUT2D eigenvalue weighted by Crippen LogP contribution is -2.37. The van der Waals surface area contributed by atoms with Crippen molar-refractivity contribution in [3.05, 3.63) is 48.0 Å². The topological polar surface area (TPSA) is 84.9 Å². The maximum atomic E-state index is 12.6. The molecule has 11 heteroatoms. The van der Waals surface area contributed by atoms with E-state index in [9.17, 15) is 26.4 Å². The summed E-state index contributed by atoms with van der Waals surface area (Å²) in [6, 6.07) is 8.29. The van der Waals surface area contributed by atoms with Crippen molar-refractivity contribution in [1.82, 2.24) is 0 Å². The first-order valence-corrected chi connectivity index (χ1v) is 10.2. The molecule has 1 amide bonds. The number of halogens is 3. The monoisotopic (exact) mass is 430 g/mol. The van der Waals surface area contributed by atoms with Gasteiger partial charge in [0.15, 0.2) is 11.5 Å². The Morgan fingerprint density at radius 2 is 1.69 bits per heavy atom. The second-order valence-corrected chi connectivity index (χ2v) is 8.13. The van der Waals surface area contributed by atoms with Crippen LogP contribution in [0.4, 0.5) is 24.5 Å². The van der Waals surface area contributed by atoms with E-state index in [0.717, 1.165) is 34.8 Å². The first-order chi connectivity index (χ1) is 13.5. The molecular formula is C18H17F3N2O5S. The number of ether oxygens (including phenoxy) is 2. The SMILES string of the molecule is CS(=O)(=O)N(CC(=O)Nc1ccc(C(F)(F)F)cc1)c1ccc2c(c1)OCCO2. The Hall–Kier alpha value is -2.95. The second-order valence-electron chi connectivity index (χ2n) is 6.22. The number of alkyl halides is 3. The highest BCUT2D eigenvalue weighted by Gasteiger charge is 2.30. The van der Waals surface area contributed by atoms with Crippen LogP contribution in [-0.2, 0) is 21.0 Å². The van der Waals surface area contributed by atoms with Crippen LogP contribution in [0.25, 0.3) is 0 Å². The molecule has 2 aromatic carbocycles. The van der Waals surface area contributed by atoms with Gasteiger partial charge < -0.3 is 14.8 Å². The Morgan fingerprint density at radius 1 is 1.07 bits per heavy atom. The van der Waals surface area contributed by atoms with Crippen LogP contribution in [0.15, 0.2) is 42.5 Å². The number of nitrogens with one attached hydrogen (secondary N) is 1. The summed E-state index contributed by atoms with van der Waals surface area (Å²) in [6.45, 7) is 0.112. The molecule has 1 aliphatic heterocycles. The van der Waals surface area contributed by atoms with E-state index in [2.05, 4.69) is 5.32 Å². The lowest BCUT2D eigenvalue weighted by Gasteiger charge is -2.24. The second kappa shape index (κ2) is 7.82. The molecule has 29 heavy (non-hydrogen) atoms. The molecule has 0 fully saturated rings. The summed E-state index contributed by atoms with van der Waals surface area (Å²) in [4.78, 5) is 12.3. The predicted octanol–water partition coefficient (Wildman–Crippen LogP) is 2.88. The summed E-state index contributed by atoms with van der Waals surface area (Å²) >= 11 is 0. The molecule has 0 unspecified atom stereocenters. The zero-order chi connectivity index (χ0) is 21.2. The normalized spacial score (nSPS) is 13.7. The van der Waals surface area contributed by atoms with Gasteiger partial charge in [0.25, 0.3) is 0 Å². The Balaban J connectivity index is 1.76. The summed E-state index contributed by atoms with van der Waals surface area (Å²) in [5.41, 5.74) is -0.553. The summed E-state index contributed by atoms with van der Waals surface area (Å²) < 4.78 is 73.9. The molecule has 0 bridgehead atoms. The van der Waals surface area contributed by atoms with Crippen molar-refractivity contribution < 1.29 is 35.9 Å². The average Bonchev–Trinajstić information content (AvgIpc) is 2.64. The Labute approximate surface area is 165 Å². The summed E-state index contributed by atoms with van der Waals surface area (Å²) in [5, 5.41) is 2.39. The molecule has 0 aromatic heterocycles. The molecule has 0 aliphatic carbocycles. The molecular weight excluding hydrogens is 413 g/mol. The van der Waals surface area contributed by atoms with Crippen LogP contribution in [0.2, 0.25) is 0 Å². The van der Waals surface area contributed by atoms with E-state index in [4.69, 9.17) is 9.47 Å². The molecule has 2 aromatic rings. The van der Waals surface area contributed by atoms with E-state index < -0.39 is 34.2 Å². The highest BCUT2D eigenvalue weighted by atomic mass is 32.2. The molecule has 156 valence electrons. The van der Waals surface area contributed by atoms with Crippen molar-refractivity contribution in [1.29, 1.82) is 0 Å². The maximum Gasteiger partial charge on any atom is 0.416 e. The minimum Gasteiger partial charge on any atom is -0.486 e. The van der Waals surface area contributed by atoms with Gasteiger partial charge in [-0.25, -0.2) is 8.42 Å². The van der Waals surface area contributed by atoms with Gasteiger partial charge in [0.1, 0.15) is 19.8 Å². The van der Waals surface area contributed by atoms with Gasteiger partial charge in [-0.15, -0.1) is 0 Å². The van der Waals surface area contributed by atoms with E-state index in [1.165, 1.54) is 18.2 Å². The third-order valence-electron chi connectivity index (χ3n) is 4.00. The minimum atomic E-state index is -4.49. The number of hydrogen-bond acceptors (Lipinski definition) is 5. The van der Waals surface area contributed by atoms with Crippen LogP contribution in [0.5, 0.6) is 11.5 Å². The molecule has 3 rings (SSSR count). The molecule has 0 saturated carbocycles. The van der Waals surface area contributed by atoms with Crippen LogP contribution >= 0.6 is 0 Å². The smallest absolute Gasteiger partial charge is 0.416 e. The molecule has 1 heterocycles. The van der Waals surface area contributed by atoms with Crippen molar-refractivity contribution >= 4 is 27.3 Å². The predicted molar refractivity (Wildman–Crippen MR) is 99.7 cm³/mol. The van der Waals surface area contributed by atoms with Gasteiger partial charge in [-0.2, -0.15) is 13.2 Å². The van der Waals surface area contributed by atoms with Gasteiger partial charge in [-0.3, -0.25) is 9.10 Å². The van der Waals surface area contributed by atoms with Gasteiger partial charge in [-0.1, -0.05) is 0 Å².